The molecule has 0 spiro atoms. The van der Waals surface area contributed by atoms with Crippen molar-refractivity contribution in [2.75, 3.05) is 0 Å². The molecule has 1 unspecified atom stereocenters. The molecule has 1 rings (SSSR count). The van der Waals surface area contributed by atoms with E-state index in [2.05, 4.69) is 10.3 Å². The average molecular weight is 312 g/mol. The smallest absolute Gasteiger partial charge is 0.407 e. The zero-order valence-electron chi connectivity index (χ0n) is 13.6. The van der Waals surface area contributed by atoms with Gasteiger partial charge >= 0.3 is 6.09 Å². The maximum atomic E-state index is 12.3. The SMILES string of the molecule is CCC(CC(=O)c1sc(C)nc1C)NC(=O)OC(C)(C)C. The number of aromatic nitrogens is 1. The standard InChI is InChI=1S/C15H24N2O3S/c1-7-11(17-14(19)20-15(4,5)6)8-12(18)13-9(2)16-10(3)21-13/h11H,7-8H2,1-6H3,(H,17,19). The predicted molar refractivity (Wildman–Crippen MR) is 84.0 cm³/mol. The molecular weight excluding hydrogens is 288 g/mol. The molecule has 1 heterocycles. The number of carbonyl (C=O) groups is 2. The fraction of sp³-hybridized carbons (Fsp3) is 0.667. The van der Waals surface area contributed by atoms with Gasteiger partial charge in [0.2, 0.25) is 0 Å². The van der Waals surface area contributed by atoms with Crippen LogP contribution in [0.3, 0.4) is 0 Å². The van der Waals surface area contributed by atoms with E-state index in [0.29, 0.717) is 11.3 Å². The fourth-order valence-electron chi connectivity index (χ4n) is 1.88. The Morgan fingerprint density at radius 1 is 1.33 bits per heavy atom. The third-order valence-electron chi connectivity index (χ3n) is 2.80. The summed E-state index contributed by atoms with van der Waals surface area (Å²) in [6.45, 7) is 11.1. The van der Waals surface area contributed by atoms with Crippen LogP contribution in [0.25, 0.3) is 0 Å². The number of ketones is 1. The molecule has 5 nitrogen and oxygen atoms in total. The van der Waals surface area contributed by atoms with Crippen LogP contribution in [-0.4, -0.2) is 28.5 Å². The first-order valence-electron chi connectivity index (χ1n) is 7.09. The van der Waals surface area contributed by atoms with Crippen LogP contribution in [0.2, 0.25) is 0 Å². The number of hydrogen-bond acceptors (Lipinski definition) is 5. The van der Waals surface area contributed by atoms with Crippen molar-refractivity contribution in [2.24, 2.45) is 0 Å². The first kappa shape index (κ1) is 17.6. The van der Waals surface area contributed by atoms with Gasteiger partial charge in [-0.05, 0) is 41.0 Å². The number of amides is 1. The summed E-state index contributed by atoms with van der Waals surface area (Å²) in [6.07, 6.45) is 0.444. The van der Waals surface area contributed by atoms with Gasteiger partial charge in [0.1, 0.15) is 5.60 Å². The van der Waals surface area contributed by atoms with Gasteiger partial charge in [0.05, 0.1) is 15.6 Å². The number of alkyl carbamates (subject to hydrolysis) is 1. The van der Waals surface area contributed by atoms with Gasteiger partial charge in [0.25, 0.3) is 0 Å². The van der Waals surface area contributed by atoms with Crippen molar-refractivity contribution in [1.82, 2.24) is 10.3 Å². The summed E-state index contributed by atoms with van der Waals surface area (Å²) in [4.78, 5) is 29.0. The zero-order valence-corrected chi connectivity index (χ0v) is 14.4. The van der Waals surface area contributed by atoms with Gasteiger partial charge in [-0.2, -0.15) is 0 Å². The second-order valence-corrected chi connectivity index (χ2v) is 7.23. The Morgan fingerprint density at radius 2 is 1.95 bits per heavy atom. The van der Waals surface area contributed by atoms with E-state index in [1.54, 1.807) is 0 Å². The van der Waals surface area contributed by atoms with E-state index in [0.717, 1.165) is 10.7 Å². The molecule has 0 aliphatic rings. The number of aryl methyl sites for hydroxylation is 2. The van der Waals surface area contributed by atoms with Gasteiger partial charge in [-0.1, -0.05) is 6.92 Å². The maximum absolute atomic E-state index is 12.3. The van der Waals surface area contributed by atoms with E-state index < -0.39 is 11.7 Å². The summed E-state index contributed by atoms with van der Waals surface area (Å²) in [7, 11) is 0. The molecule has 6 heteroatoms. The van der Waals surface area contributed by atoms with Gasteiger partial charge < -0.3 is 10.1 Å². The van der Waals surface area contributed by atoms with Crippen molar-refractivity contribution >= 4 is 23.2 Å². The minimum Gasteiger partial charge on any atom is -0.444 e. The lowest BCUT2D eigenvalue weighted by Crippen LogP contribution is -2.39. The summed E-state index contributed by atoms with van der Waals surface area (Å²) in [5.41, 5.74) is 0.215. The molecule has 0 aliphatic heterocycles. The number of hydrogen-bond donors (Lipinski definition) is 1. The number of carbonyl (C=O) groups excluding carboxylic acids is 2. The Bertz CT molecular complexity index is 517. The van der Waals surface area contributed by atoms with Crippen LogP contribution in [-0.2, 0) is 4.74 Å². The second kappa shape index (κ2) is 7.02. The molecule has 1 N–H and O–H groups in total. The van der Waals surface area contributed by atoms with E-state index >= 15 is 0 Å². The van der Waals surface area contributed by atoms with Crippen LogP contribution < -0.4 is 5.32 Å². The molecule has 21 heavy (non-hydrogen) atoms. The van der Waals surface area contributed by atoms with E-state index in [1.807, 2.05) is 41.5 Å². The molecule has 1 aromatic heterocycles. The van der Waals surface area contributed by atoms with Crippen molar-refractivity contribution in [3.05, 3.63) is 15.6 Å². The van der Waals surface area contributed by atoms with Crippen molar-refractivity contribution in [3.63, 3.8) is 0 Å². The number of ether oxygens (including phenoxy) is 1. The average Bonchev–Trinajstić information content (AvgIpc) is 2.65. The van der Waals surface area contributed by atoms with Crippen molar-refractivity contribution in [1.29, 1.82) is 0 Å². The van der Waals surface area contributed by atoms with E-state index in [4.69, 9.17) is 4.74 Å². The maximum Gasteiger partial charge on any atom is 0.407 e. The van der Waals surface area contributed by atoms with Crippen LogP contribution >= 0.6 is 11.3 Å². The molecule has 0 aliphatic carbocycles. The van der Waals surface area contributed by atoms with E-state index in [-0.39, 0.29) is 18.2 Å². The largest absolute Gasteiger partial charge is 0.444 e. The van der Waals surface area contributed by atoms with Crippen molar-refractivity contribution < 1.29 is 14.3 Å². The quantitative estimate of drug-likeness (QED) is 0.843. The molecule has 0 saturated carbocycles. The lowest BCUT2D eigenvalue weighted by atomic mass is 10.1. The molecular formula is C15H24N2O3S. The molecule has 0 radical (unpaired) electrons. The topological polar surface area (TPSA) is 68.3 Å². The van der Waals surface area contributed by atoms with Gasteiger partial charge in [0, 0.05) is 12.5 Å². The second-order valence-electron chi connectivity index (χ2n) is 6.03. The summed E-state index contributed by atoms with van der Waals surface area (Å²) in [5, 5.41) is 3.63. The monoisotopic (exact) mass is 312 g/mol. The highest BCUT2D eigenvalue weighted by atomic mass is 32.1. The first-order valence-corrected chi connectivity index (χ1v) is 7.90. The molecule has 0 aromatic carbocycles. The van der Waals surface area contributed by atoms with Crippen LogP contribution in [0, 0.1) is 13.8 Å². The number of nitrogens with one attached hydrogen (secondary N) is 1. The van der Waals surface area contributed by atoms with Crippen LogP contribution in [0.15, 0.2) is 0 Å². The summed E-state index contributed by atoms with van der Waals surface area (Å²) in [5.74, 6) is 0.0148. The Morgan fingerprint density at radius 3 is 2.38 bits per heavy atom. The summed E-state index contributed by atoms with van der Waals surface area (Å²) >= 11 is 1.40. The van der Waals surface area contributed by atoms with Gasteiger partial charge in [-0.25, -0.2) is 9.78 Å². The molecule has 0 saturated heterocycles. The minimum atomic E-state index is -0.544. The third-order valence-corrected chi connectivity index (χ3v) is 3.92. The minimum absolute atomic E-state index is 0.0148. The number of rotatable bonds is 5. The Balaban J connectivity index is 2.64. The molecule has 1 atom stereocenters. The lowest BCUT2D eigenvalue weighted by molar-refractivity contribution is 0.0500. The number of thiazole rings is 1. The van der Waals surface area contributed by atoms with E-state index in [9.17, 15) is 9.59 Å². The highest BCUT2D eigenvalue weighted by molar-refractivity contribution is 7.13. The number of nitrogens with zero attached hydrogens (tertiary/aromatic N) is 1. The van der Waals surface area contributed by atoms with Gasteiger partial charge in [-0.15, -0.1) is 11.3 Å². The van der Waals surface area contributed by atoms with Crippen LogP contribution in [0.1, 0.15) is 60.9 Å². The zero-order chi connectivity index (χ0) is 16.2. The third kappa shape index (κ3) is 5.83. The molecule has 1 aromatic rings. The molecule has 1 amide bonds. The highest BCUT2D eigenvalue weighted by Crippen LogP contribution is 2.20. The lowest BCUT2D eigenvalue weighted by Gasteiger charge is -2.22. The normalized spacial score (nSPS) is 12.9. The van der Waals surface area contributed by atoms with Crippen LogP contribution in [0.4, 0.5) is 4.79 Å². The highest BCUT2D eigenvalue weighted by Gasteiger charge is 2.22. The van der Waals surface area contributed by atoms with Crippen molar-refractivity contribution in [2.45, 2.75) is 66.0 Å². The van der Waals surface area contributed by atoms with Gasteiger partial charge in [0.15, 0.2) is 5.78 Å². The summed E-state index contributed by atoms with van der Waals surface area (Å²) < 4.78 is 5.21. The first-order chi connectivity index (χ1) is 9.62. The fourth-order valence-corrected chi connectivity index (χ4v) is 2.75. The molecule has 118 valence electrons. The Labute approximate surface area is 130 Å². The molecule has 0 bridgehead atoms. The summed E-state index contributed by atoms with van der Waals surface area (Å²) in [6, 6.07) is -0.228. The van der Waals surface area contributed by atoms with E-state index in [1.165, 1.54) is 11.3 Å². The Kier molecular flexibility index (Phi) is 5.89. The predicted octanol–water partition coefficient (Wildman–Crippen LogP) is 3.64. The number of Topliss-reactive ketones (excluding diaryl/α,β-unsaturated/α-hetero) is 1. The van der Waals surface area contributed by atoms with Crippen LogP contribution in [0.5, 0.6) is 0 Å². The van der Waals surface area contributed by atoms with Crippen molar-refractivity contribution in [3.8, 4) is 0 Å². The van der Waals surface area contributed by atoms with Gasteiger partial charge in [-0.3, -0.25) is 4.79 Å². The Hall–Kier alpha value is -1.43. The molecule has 0 fully saturated rings.